The minimum Gasteiger partial charge on any atom is -0.311 e. The van der Waals surface area contributed by atoms with Gasteiger partial charge in [0.15, 0.2) is 9.84 Å². The summed E-state index contributed by atoms with van der Waals surface area (Å²) in [6, 6.07) is 0.917. The van der Waals surface area contributed by atoms with Crippen LogP contribution in [0.1, 0.15) is 41.0 Å². The fraction of sp³-hybridized carbons (Fsp3) is 1.00. The molecular weight excluding hydrogens is 272 g/mol. The zero-order valence-electron chi connectivity index (χ0n) is 13.7. The standard InChI is InChI=1S/C15H32N2O2S/c1-6-8-20(18,19)9-7-17-11-14(12(2)3)16-10-15(17)13(4)5/h12-16H,6-11H2,1-5H3. The predicted octanol–water partition coefficient (Wildman–Crippen LogP) is 1.77. The third-order valence-electron chi connectivity index (χ3n) is 4.27. The van der Waals surface area contributed by atoms with Crippen molar-refractivity contribution in [1.29, 1.82) is 0 Å². The van der Waals surface area contributed by atoms with Crippen LogP contribution < -0.4 is 5.32 Å². The summed E-state index contributed by atoms with van der Waals surface area (Å²) in [4.78, 5) is 2.39. The van der Waals surface area contributed by atoms with Gasteiger partial charge in [-0.15, -0.1) is 0 Å². The van der Waals surface area contributed by atoms with E-state index in [0.29, 0.717) is 48.4 Å². The topological polar surface area (TPSA) is 49.4 Å². The van der Waals surface area contributed by atoms with Gasteiger partial charge >= 0.3 is 0 Å². The average Bonchev–Trinajstić information content (AvgIpc) is 2.35. The fourth-order valence-corrected chi connectivity index (χ4v) is 4.22. The molecule has 1 aliphatic rings. The molecule has 1 rings (SSSR count). The molecule has 120 valence electrons. The zero-order valence-corrected chi connectivity index (χ0v) is 14.5. The Morgan fingerprint density at radius 3 is 2.30 bits per heavy atom. The van der Waals surface area contributed by atoms with Crippen molar-refractivity contribution in [1.82, 2.24) is 10.2 Å². The van der Waals surface area contributed by atoms with Crippen molar-refractivity contribution < 1.29 is 8.42 Å². The molecule has 0 radical (unpaired) electrons. The highest BCUT2D eigenvalue weighted by molar-refractivity contribution is 7.91. The van der Waals surface area contributed by atoms with E-state index in [1.807, 2.05) is 6.92 Å². The Morgan fingerprint density at radius 1 is 1.15 bits per heavy atom. The molecule has 0 spiro atoms. The number of rotatable bonds is 7. The highest BCUT2D eigenvalue weighted by Crippen LogP contribution is 2.18. The first-order valence-electron chi connectivity index (χ1n) is 7.94. The largest absolute Gasteiger partial charge is 0.311 e. The van der Waals surface area contributed by atoms with Gasteiger partial charge < -0.3 is 5.32 Å². The Balaban J connectivity index is 2.65. The van der Waals surface area contributed by atoms with Gasteiger partial charge in [0.1, 0.15) is 0 Å². The van der Waals surface area contributed by atoms with E-state index in [0.717, 1.165) is 13.1 Å². The molecule has 1 saturated heterocycles. The highest BCUT2D eigenvalue weighted by Gasteiger charge is 2.31. The van der Waals surface area contributed by atoms with Crippen molar-refractivity contribution in [3.63, 3.8) is 0 Å². The van der Waals surface area contributed by atoms with Crippen LogP contribution in [0.25, 0.3) is 0 Å². The van der Waals surface area contributed by atoms with E-state index in [2.05, 4.69) is 37.9 Å². The van der Waals surface area contributed by atoms with Crippen LogP contribution in [0.4, 0.5) is 0 Å². The molecule has 0 aromatic rings. The number of piperazine rings is 1. The molecule has 5 heteroatoms. The summed E-state index contributed by atoms with van der Waals surface area (Å²) in [5.41, 5.74) is 0. The molecule has 0 saturated carbocycles. The second-order valence-electron chi connectivity index (χ2n) is 6.72. The first-order chi connectivity index (χ1) is 9.26. The lowest BCUT2D eigenvalue weighted by Crippen LogP contribution is -2.60. The van der Waals surface area contributed by atoms with Gasteiger partial charge in [-0.05, 0) is 18.3 Å². The number of hydrogen-bond acceptors (Lipinski definition) is 4. The molecule has 0 amide bonds. The lowest BCUT2D eigenvalue weighted by molar-refractivity contribution is 0.0914. The van der Waals surface area contributed by atoms with Crippen molar-refractivity contribution in [2.24, 2.45) is 11.8 Å². The number of nitrogens with one attached hydrogen (secondary N) is 1. The lowest BCUT2D eigenvalue weighted by Gasteiger charge is -2.43. The van der Waals surface area contributed by atoms with Crippen LogP contribution in [0.15, 0.2) is 0 Å². The van der Waals surface area contributed by atoms with Gasteiger partial charge in [0, 0.05) is 37.5 Å². The molecule has 2 atom stereocenters. The predicted molar refractivity (Wildman–Crippen MR) is 85.8 cm³/mol. The molecule has 2 unspecified atom stereocenters. The third-order valence-corrected chi connectivity index (χ3v) is 6.10. The van der Waals surface area contributed by atoms with E-state index in [4.69, 9.17) is 0 Å². The Morgan fingerprint density at radius 2 is 1.80 bits per heavy atom. The molecule has 1 N–H and O–H groups in total. The van der Waals surface area contributed by atoms with E-state index in [9.17, 15) is 8.42 Å². The van der Waals surface area contributed by atoms with Gasteiger partial charge in [-0.3, -0.25) is 4.90 Å². The minimum atomic E-state index is -2.88. The van der Waals surface area contributed by atoms with E-state index in [1.165, 1.54) is 0 Å². The van der Waals surface area contributed by atoms with E-state index >= 15 is 0 Å². The number of hydrogen-bond donors (Lipinski definition) is 1. The van der Waals surface area contributed by atoms with Gasteiger partial charge in [0.2, 0.25) is 0 Å². The molecule has 0 aromatic heterocycles. The van der Waals surface area contributed by atoms with Crippen LogP contribution in [-0.2, 0) is 9.84 Å². The SMILES string of the molecule is CCCS(=O)(=O)CCN1CC(C(C)C)NCC1C(C)C. The molecule has 0 bridgehead atoms. The summed E-state index contributed by atoms with van der Waals surface area (Å²) in [6.45, 7) is 13.4. The zero-order chi connectivity index (χ0) is 15.3. The van der Waals surface area contributed by atoms with Gasteiger partial charge in [0.05, 0.1) is 5.75 Å². The molecule has 1 fully saturated rings. The molecule has 20 heavy (non-hydrogen) atoms. The molecule has 0 aliphatic carbocycles. The highest BCUT2D eigenvalue weighted by atomic mass is 32.2. The van der Waals surface area contributed by atoms with Crippen molar-refractivity contribution in [2.45, 2.75) is 53.1 Å². The molecule has 1 aliphatic heterocycles. The summed E-state index contributed by atoms with van der Waals surface area (Å²) in [5, 5.41) is 3.61. The second kappa shape index (κ2) is 7.76. The van der Waals surface area contributed by atoms with Crippen molar-refractivity contribution in [3.8, 4) is 0 Å². The Hall–Kier alpha value is -0.130. The normalized spacial score (nSPS) is 25.6. The lowest BCUT2D eigenvalue weighted by atomic mass is 9.94. The third kappa shape index (κ3) is 5.34. The quantitative estimate of drug-likeness (QED) is 0.779. The van der Waals surface area contributed by atoms with E-state index in [-0.39, 0.29) is 0 Å². The summed E-state index contributed by atoms with van der Waals surface area (Å²) in [5.74, 6) is 1.75. The van der Waals surface area contributed by atoms with Gasteiger partial charge in [0.25, 0.3) is 0 Å². The van der Waals surface area contributed by atoms with Crippen LogP contribution in [0.5, 0.6) is 0 Å². The van der Waals surface area contributed by atoms with E-state index in [1.54, 1.807) is 0 Å². The summed E-state index contributed by atoms with van der Waals surface area (Å²) < 4.78 is 23.8. The van der Waals surface area contributed by atoms with Gasteiger partial charge in [-0.1, -0.05) is 34.6 Å². The Kier molecular flexibility index (Phi) is 6.95. The van der Waals surface area contributed by atoms with E-state index < -0.39 is 9.84 Å². The average molecular weight is 304 g/mol. The molecule has 0 aromatic carbocycles. The maximum Gasteiger partial charge on any atom is 0.151 e. The summed E-state index contributed by atoms with van der Waals surface area (Å²) in [6.07, 6.45) is 0.714. The summed E-state index contributed by atoms with van der Waals surface area (Å²) >= 11 is 0. The number of sulfone groups is 1. The Bertz CT molecular complexity index is 379. The fourth-order valence-electron chi connectivity index (χ4n) is 2.88. The van der Waals surface area contributed by atoms with Gasteiger partial charge in [-0.25, -0.2) is 8.42 Å². The van der Waals surface area contributed by atoms with Gasteiger partial charge in [-0.2, -0.15) is 0 Å². The second-order valence-corrected chi connectivity index (χ2v) is 9.02. The van der Waals surface area contributed by atoms with Crippen LogP contribution in [0.2, 0.25) is 0 Å². The number of nitrogens with zero attached hydrogens (tertiary/aromatic N) is 1. The first-order valence-corrected chi connectivity index (χ1v) is 9.76. The van der Waals surface area contributed by atoms with Crippen LogP contribution >= 0.6 is 0 Å². The van der Waals surface area contributed by atoms with Crippen molar-refractivity contribution in [2.75, 3.05) is 31.1 Å². The smallest absolute Gasteiger partial charge is 0.151 e. The van der Waals surface area contributed by atoms with Crippen LogP contribution in [-0.4, -0.2) is 56.5 Å². The minimum absolute atomic E-state index is 0.300. The Labute approximate surface area is 125 Å². The van der Waals surface area contributed by atoms with Crippen molar-refractivity contribution in [3.05, 3.63) is 0 Å². The monoisotopic (exact) mass is 304 g/mol. The van der Waals surface area contributed by atoms with Crippen LogP contribution in [0, 0.1) is 11.8 Å². The van der Waals surface area contributed by atoms with Crippen molar-refractivity contribution >= 4 is 9.84 Å². The maximum atomic E-state index is 11.9. The molecular formula is C15H32N2O2S. The summed E-state index contributed by atoms with van der Waals surface area (Å²) in [7, 11) is -2.88. The maximum absolute atomic E-state index is 11.9. The molecule has 1 heterocycles. The van der Waals surface area contributed by atoms with Crippen LogP contribution in [0.3, 0.4) is 0 Å². The first kappa shape index (κ1) is 17.9. The molecule has 4 nitrogen and oxygen atoms in total.